The van der Waals surface area contributed by atoms with Crippen LogP contribution in [0.1, 0.15) is 39.0 Å². The lowest BCUT2D eigenvalue weighted by molar-refractivity contribution is -0.135. The molecule has 1 spiro atoms. The maximum Gasteiger partial charge on any atom is 0.326 e. The summed E-state index contributed by atoms with van der Waals surface area (Å²) in [6.07, 6.45) is 3.64. The second-order valence-electron chi connectivity index (χ2n) is 8.57. The third kappa shape index (κ3) is 3.39. The number of benzene rings is 1. The highest BCUT2D eigenvalue weighted by Crippen LogP contribution is 2.36. The summed E-state index contributed by atoms with van der Waals surface area (Å²) < 4.78 is 14.1. The first kappa shape index (κ1) is 19.8. The van der Waals surface area contributed by atoms with Gasteiger partial charge in [-0.05, 0) is 57.2 Å². The monoisotopic (exact) mass is 402 g/mol. The van der Waals surface area contributed by atoms with Crippen molar-refractivity contribution in [1.29, 1.82) is 0 Å². The van der Waals surface area contributed by atoms with Gasteiger partial charge in [-0.15, -0.1) is 0 Å². The van der Waals surface area contributed by atoms with Crippen molar-refractivity contribution in [3.63, 3.8) is 0 Å². The first-order valence-electron chi connectivity index (χ1n) is 10.2. The number of para-hydroxylation sites is 1. The standard InChI is InChI=1S/C21H27FN4O3/c1-14-7-10-21(11-8-14)19(28)26(20(29)23-21)13-24(2)17-9-12-25(18(17)27)16-6-4-3-5-15(16)22/h3-6,14,17H,7-13H2,1-2H3,(H,23,29). The minimum absolute atomic E-state index is 0.0451. The zero-order chi connectivity index (χ0) is 20.8. The summed E-state index contributed by atoms with van der Waals surface area (Å²) in [7, 11) is 1.72. The average Bonchev–Trinajstić information content (AvgIpc) is 3.18. The fraction of sp³-hybridized carbons (Fsp3) is 0.571. The Hall–Kier alpha value is -2.48. The lowest BCUT2D eigenvalue weighted by Gasteiger charge is -2.34. The van der Waals surface area contributed by atoms with E-state index in [1.807, 2.05) is 0 Å². The Morgan fingerprint density at radius 1 is 1.17 bits per heavy atom. The lowest BCUT2D eigenvalue weighted by Crippen LogP contribution is -2.51. The van der Waals surface area contributed by atoms with Crippen molar-refractivity contribution < 1.29 is 18.8 Å². The molecule has 1 saturated carbocycles. The van der Waals surface area contributed by atoms with Crippen LogP contribution in [-0.2, 0) is 9.59 Å². The van der Waals surface area contributed by atoms with E-state index in [1.54, 1.807) is 30.1 Å². The summed E-state index contributed by atoms with van der Waals surface area (Å²) in [4.78, 5) is 42.8. The fourth-order valence-corrected chi connectivity index (χ4v) is 4.70. The van der Waals surface area contributed by atoms with E-state index in [0.717, 1.165) is 12.8 Å². The first-order chi connectivity index (χ1) is 13.8. The van der Waals surface area contributed by atoms with Gasteiger partial charge in [0.2, 0.25) is 5.91 Å². The van der Waals surface area contributed by atoms with Gasteiger partial charge >= 0.3 is 6.03 Å². The van der Waals surface area contributed by atoms with Crippen LogP contribution in [0.3, 0.4) is 0 Å². The van der Waals surface area contributed by atoms with Crippen molar-refractivity contribution in [3.05, 3.63) is 30.1 Å². The summed E-state index contributed by atoms with van der Waals surface area (Å²) >= 11 is 0. The molecular formula is C21H27FN4O3. The van der Waals surface area contributed by atoms with Gasteiger partial charge in [0, 0.05) is 6.54 Å². The van der Waals surface area contributed by atoms with Crippen LogP contribution in [0.25, 0.3) is 0 Å². The predicted molar refractivity (Wildman–Crippen MR) is 106 cm³/mol. The topological polar surface area (TPSA) is 73.0 Å². The number of nitrogens with zero attached hydrogens (tertiary/aromatic N) is 3. The molecule has 0 bridgehead atoms. The van der Waals surface area contributed by atoms with Gasteiger partial charge in [-0.3, -0.25) is 14.5 Å². The number of urea groups is 1. The third-order valence-corrected chi connectivity index (χ3v) is 6.59. The molecule has 0 aromatic heterocycles. The van der Waals surface area contributed by atoms with Gasteiger partial charge in [-0.25, -0.2) is 14.1 Å². The molecule has 1 aliphatic carbocycles. The second-order valence-corrected chi connectivity index (χ2v) is 8.57. The van der Waals surface area contributed by atoms with E-state index >= 15 is 0 Å². The Labute approximate surface area is 169 Å². The van der Waals surface area contributed by atoms with Crippen LogP contribution in [0.4, 0.5) is 14.9 Å². The highest BCUT2D eigenvalue weighted by molar-refractivity contribution is 6.07. The van der Waals surface area contributed by atoms with E-state index in [2.05, 4.69) is 12.2 Å². The lowest BCUT2D eigenvalue weighted by atomic mass is 9.77. The average molecular weight is 402 g/mol. The van der Waals surface area contributed by atoms with E-state index in [9.17, 15) is 18.8 Å². The molecule has 4 amide bonds. The van der Waals surface area contributed by atoms with Crippen molar-refractivity contribution >= 4 is 23.5 Å². The molecule has 1 unspecified atom stereocenters. The molecule has 3 aliphatic rings. The molecule has 156 valence electrons. The van der Waals surface area contributed by atoms with Crippen LogP contribution in [0.15, 0.2) is 24.3 Å². The Morgan fingerprint density at radius 2 is 1.86 bits per heavy atom. The molecule has 0 radical (unpaired) electrons. The molecule has 2 saturated heterocycles. The van der Waals surface area contributed by atoms with E-state index < -0.39 is 23.4 Å². The van der Waals surface area contributed by atoms with Crippen molar-refractivity contribution in [2.75, 3.05) is 25.2 Å². The Bertz CT molecular complexity index is 837. The Balaban J connectivity index is 1.44. The van der Waals surface area contributed by atoms with E-state index in [1.165, 1.54) is 15.9 Å². The van der Waals surface area contributed by atoms with Gasteiger partial charge < -0.3 is 10.2 Å². The van der Waals surface area contributed by atoms with Crippen LogP contribution >= 0.6 is 0 Å². The number of likely N-dealkylation sites (N-methyl/N-ethyl adjacent to an activating group) is 1. The number of carbonyl (C=O) groups excluding carboxylic acids is 3. The highest BCUT2D eigenvalue weighted by Gasteiger charge is 2.52. The van der Waals surface area contributed by atoms with Gasteiger partial charge in [0.1, 0.15) is 11.4 Å². The molecule has 1 aromatic rings. The molecular weight excluding hydrogens is 375 g/mol. The van der Waals surface area contributed by atoms with Crippen molar-refractivity contribution in [1.82, 2.24) is 15.1 Å². The van der Waals surface area contributed by atoms with Crippen molar-refractivity contribution in [2.24, 2.45) is 5.92 Å². The van der Waals surface area contributed by atoms with Crippen LogP contribution in [0.2, 0.25) is 0 Å². The minimum Gasteiger partial charge on any atom is -0.323 e. The van der Waals surface area contributed by atoms with E-state index in [-0.39, 0.29) is 24.2 Å². The number of hydrogen-bond acceptors (Lipinski definition) is 4. The first-order valence-corrected chi connectivity index (χ1v) is 10.2. The minimum atomic E-state index is -0.788. The maximum absolute atomic E-state index is 14.1. The van der Waals surface area contributed by atoms with Crippen molar-refractivity contribution in [3.8, 4) is 0 Å². The molecule has 3 fully saturated rings. The number of anilines is 1. The SMILES string of the molecule is CC1CCC2(CC1)NC(=O)N(CN(C)C1CCN(c3ccccc3F)C1=O)C2=O. The highest BCUT2D eigenvalue weighted by atomic mass is 19.1. The molecule has 1 atom stereocenters. The number of amides is 4. The number of carbonyl (C=O) groups is 3. The summed E-state index contributed by atoms with van der Waals surface area (Å²) in [5.41, 5.74) is -0.526. The normalized spacial score (nSPS) is 30.0. The molecule has 4 rings (SSSR count). The van der Waals surface area contributed by atoms with Gasteiger partial charge in [0.15, 0.2) is 0 Å². The molecule has 1 aromatic carbocycles. The smallest absolute Gasteiger partial charge is 0.323 e. The molecule has 2 heterocycles. The molecule has 7 nitrogen and oxygen atoms in total. The van der Waals surface area contributed by atoms with Crippen LogP contribution in [0.5, 0.6) is 0 Å². The summed E-state index contributed by atoms with van der Waals surface area (Å²) in [5.74, 6) is -0.294. The van der Waals surface area contributed by atoms with Gasteiger partial charge in [-0.2, -0.15) is 0 Å². The number of nitrogens with one attached hydrogen (secondary N) is 1. The van der Waals surface area contributed by atoms with Crippen LogP contribution in [-0.4, -0.2) is 59.5 Å². The maximum atomic E-state index is 14.1. The van der Waals surface area contributed by atoms with Crippen LogP contribution in [0, 0.1) is 11.7 Å². The number of rotatable bonds is 4. The predicted octanol–water partition coefficient (Wildman–Crippen LogP) is 2.32. The molecule has 8 heteroatoms. The summed E-state index contributed by atoms with van der Waals surface area (Å²) in [6.45, 7) is 2.60. The molecule has 1 N–H and O–H groups in total. The third-order valence-electron chi connectivity index (χ3n) is 6.59. The largest absolute Gasteiger partial charge is 0.326 e. The number of imide groups is 1. The molecule has 2 aliphatic heterocycles. The summed E-state index contributed by atoms with van der Waals surface area (Å²) in [5, 5.41) is 2.90. The number of halogens is 1. The second kappa shape index (κ2) is 7.40. The zero-order valence-corrected chi connectivity index (χ0v) is 16.9. The number of hydrogen-bond donors (Lipinski definition) is 1. The molecule has 29 heavy (non-hydrogen) atoms. The quantitative estimate of drug-likeness (QED) is 0.785. The Kier molecular flexibility index (Phi) is 5.06. The zero-order valence-electron chi connectivity index (χ0n) is 16.9. The van der Waals surface area contributed by atoms with Gasteiger partial charge in [0.25, 0.3) is 5.91 Å². The van der Waals surface area contributed by atoms with Gasteiger partial charge in [0.05, 0.1) is 18.4 Å². The van der Waals surface area contributed by atoms with E-state index in [4.69, 9.17) is 0 Å². The van der Waals surface area contributed by atoms with E-state index in [0.29, 0.717) is 31.7 Å². The van der Waals surface area contributed by atoms with Crippen molar-refractivity contribution in [2.45, 2.75) is 50.6 Å². The summed E-state index contributed by atoms with van der Waals surface area (Å²) in [6, 6.07) is 5.30. The Morgan fingerprint density at radius 3 is 2.55 bits per heavy atom. The van der Waals surface area contributed by atoms with Gasteiger partial charge in [-0.1, -0.05) is 19.1 Å². The fourth-order valence-electron chi connectivity index (χ4n) is 4.70. The van der Waals surface area contributed by atoms with Crippen LogP contribution < -0.4 is 10.2 Å².